The number of hydrogen-bond donors (Lipinski definition) is 2. The zero-order chi connectivity index (χ0) is 17.8. The van der Waals surface area contributed by atoms with Gasteiger partial charge in [-0.2, -0.15) is 0 Å². The zero-order valence-electron chi connectivity index (χ0n) is 13.4. The second-order valence-corrected chi connectivity index (χ2v) is 7.45. The highest BCUT2D eigenvalue weighted by molar-refractivity contribution is 7.15. The first-order valence-corrected chi connectivity index (χ1v) is 9.19. The maximum Gasteiger partial charge on any atom is 0.323 e. The van der Waals surface area contributed by atoms with Crippen LogP contribution in [0.5, 0.6) is 0 Å². The fraction of sp³-hybridized carbons (Fsp3) is 0.353. The van der Waals surface area contributed by atoms with Crippen LogP contribution < -0.4 is 5.32 Å². The number of amides is 2. The van der Waals surface area contributed by atoms with Crippen LogP contribution in [-0.2, 0) is 11.2 Å². The van der Waals surface area contributed by atoms with E-state index < -0.39 is 5.97 Å². The van der Waals surface area contributed by atoms with Gasteiger partial charge in [0.15, 0.2) is 5.13 Å². The third kappa shape index (κ3) is 4.49. The van der Waals surface area contributed by atoms with Crippen molar-refractivity contribution >= 4 is 40.1 Å². The third-order valence-corrected chi connectivity index (χ3v) is 5.50. The van der Waals surface area contributed by atoms with Crippen LogP contribution in [0.3, 0.4) is 0 Å². The van der Waals surface area contributed by atoms with Crippen LogP contribution in [0.15, 0.2) is 30.5 Å². The molecule has 0 spiro atoms. The highest BCUT2D eigenvalue weighted by Gasteiger charge is 2.27. The average Bonchev–Trinajstić information content (AvgIpc) is 3.04. The van der Waals surface area contributed by atoms with Crippen molar-refractivity contribution in [1.82, 2.24) is 9.88 Å². The van der Waals surface area contributed by atoms with E-state index in [9.17, 15) is 9.59 Å². The first kappa shape index (κ1) is 17.7. The van der Waals surface area contributed by atoms with E-state index >= 15 is 0 Å². The number of carbonyl (C=O) groups is 2. The van der Waals surface area contributed by atoms with Gasteiger partial charge in [0, 0.05) is 35.6 Å². The van der Waals surface area contributed by atoms with Crippen molar-refractivity contribution in [3.05, 3.63) is 45.9 Å². The minimum absolute atomic E-state index is 0.234. The summed E-state index contributed by atoms with van der Waals surface area (Å²) in [5.41, 5.74) is 1.02. The number of urea groups is 1. The normalized spacial score (nSPS) is 15.2. The summed E-state index contributed by atoms with van der Waals surface area (Å²) < 4.78 is 0. The number of carboxylic acids is 1. The average molecular weight is 380 g/mol. The van der Waals surface area contributed by atoms with Crippen molar-refractivity contribution in [2.45, 2.75) is 19.3 Å². The van der Waals surface area contributed by atoms with Crippen LogP contribution in [0.4, 0.5) is 9.93 Å². The van der Waals surface area contributed by atoms with Crippen molar-refractivity contribution < 1.29 is 14.7 Å². The number of benzene rings is 1. The van der Waals surface area contributed by atoms with E-state index in [4.69, 9.17) is 16.7 Å². The minimum atomic E-state index is -0.788. The van der Waals surface area contributed by atoms with Crippen LogP contribution >= 0.6 is 22.9 Å². The molecule has 1 aliphatic heterocycles. The monoisotopic (exact) mass is 379 g/mol. The molecule has 0 radical (unpaired) electrons. The number of piperidine rings is 1. The number of anilines is 1. The first-order valence-electron chi connectivity index (χ1n) is 8.00. The number of aliphatic carboxylic acids is 1. The molecule has 0 saturated carbocycles. The Morgan fingerprint density at radius 2 is 2.04 bits per heavy atom. The standard InChI is InChI=1S/C17H18ClN3O3S/c18-14-4-2-1-3-12(14)9-13-10-19-16(25-13)20-17(24)21-7-5-11(6-8-21)15(22)23/h1-4,10-11H,5-9H2,(H,22,23)(H,19,20,24). The predicted molar refractivity (Wildman–Crippen MR) is 97.3 cm³/mol. The number of hydrogen-bond acceptors (Lipinski definition) is 4. The van der Waals surface area contributed by atoms with Gasteiger partial charge in [0.05, 0.1) is 5.92 Å². The highest BCUT2D eigenvalue weighted by Crippen LogP contribution is 2.25. The molecule has 0 unspecified atom stereocenters. The highest BCUT2D eigenvalue weighted by atomic mass is 35.5. The lowest BCUT2D eigenvalue weighted by Crippen LogP contribution is -2.42. The number of nitrogens with zero attached hydrogens (tertiary/aromatic N) is 2. The van der Waals surface area contributed by atoms with Gasteiger partial charge in [0.2, 0.25) is 0 Å². The Labute approximate surface area is 154 Å². The van der Waals surface area contributed by atoms with E-state index in [0.29, 0.717) is 42.5 Å². The summed E-state index contributed by atoms with van der Waals surface area (Å²) in [6.07, 6.45) is 3.37. The molecule has 2 amide bonds. The maximum absolute atomic E-state index is 12.3. The number of halogens is 1. The molecule has 132 valence electrons. The van der Waals surface area contributed by atoms with Crippen molar-refractivity contribution in [3.63, 3.8) is 0 Å². The van der Waals surface area contributed by atoms with Gasteiger partial charge in [0.25, 0.3) is 0 Å². The fourth-order valence-electron chi connectivity index (χ4n) is 2.78. The Kier molecular flexibility index (Phi) is 5.55. The minimum Gasteiger partial charge on any atom is -0.481 e. The fourth-order valence-corrected chi connectivity index (χ4v) is 3.80. The van der Waals surface area contributed by atoms with Gasteiger partial charge in [-0.1, -0.05) is 29.8 Å². The molecule has 0 aliphatic carbocycles. The Morgan fingerprint density at radius 1 is 1.32 bits per heavy atom. The van der Waals surface area contributed by atoms with Crippen molar-refractivity contribution in [1.29, 1.82) is 0 Å². The SMILES string of the molecule is O=C(O)C1CCN(C(=O)Nc2ncc(Cc3ccccc3Cl)s2)CC1. The molecule has 6 nitrogen and oxygen atoms in total. The molecule has 2 aromatic rings. The summed E-state index contributed by atoms with van der Waals surface area (Å²) in [7, 11) is 0. The molecule has 1 aromatic carbocycles. The number of carboxylic acid groups (broad SMARTS) is 1. The van der Waals surface area contributed by atoms with Crippen LogP contribution in [0, 0.1) is 5.92 Å². The topological polar surface area (TPSA) is 82.5 Å². The number of carbonyl (C=O) groups excluding carboxylic acids is 1. The van der Waals surface area contributed by atoms with E-state index in [1.165, 1.54) is 11.3 Å². The summed E-state index contributed by atoms with van der Waals surface area (Å²) in [5.74, 6) is -1.14. The van der Waals surface area contributed by atoms with Crippen LogP contribution in [0.1, 0.15) is 23.3 Å². The molecule has 1 fully saturated rings. The number of rotatable bonds is 4. The number of nitrogens with one attached hydrogen (secondary N) is 1. The molecule has 2 N–H and O–H groups in total. The van der Waals surface area contributed by atoms with Crippen molar-refractivity contribution in [2.75, 3.05) is 18.4 Å². The third-order valence-electron chi connectivity index (χ3n) is 4.22. The van der Waals surface area contributed by atoms with E-state index in [-0.39, 0.29) is 11.9 Å². The Morgan fingerprint density at radius 3 is 2.72 bits per heavy atom. The molecule has 0 atom stereocenters. The second-order valence-electron chi connectivity index (χ2n) is 5.93. The second kappa shape index (κ2) is 7.84. The van der Waals surface area contributed by atoms with Gasteiger partial charge >= 0.3 is 12.0 Å². The van der Waals surface area contributed by atoms with Crippen molar-refractivity contribution in [2.24, 2.45) is 5.92 Å². The van der Waals surface area contributed by atoms with Crippen LogP contribution in [0.25, 0.3) is 0 Å². The summed E-state index contributed by atoms with van der Waals surface area (Å²) in [5, 5.41) is 13.0. The number of thiazole rings is 1. The largest absolute Gasteiger partial charge is 0.481 e. The molecule has 0 bridgehead atoms. The Bertz CT molecular complexity index is 772. The molecule has 1 saturated heterocycles. The molecular weight excluding hydrogens is 362 g/mol. The smallest absolute Gasteiger partial charge is 0.323 e. The molecule has 3 rings (SSSR count). The lowest BCUT2D eigenvalue weighted by atomic mass is 9.97. The van der Waals surface area contributed by atoms with Gasteiger partial charge in [-0.05, 0) is 24.5 Å². The van der Waals surface area contributed by atoms with Gasteiger partial charge in [-0.15, -0.1) is 11.3 Å². The quantitative estimate of drug-likeness (QED) is 0.848. The summed E-state index contributed by atoms with van der Waals surface area (Å²) in [4.78, 5) is 30.1. The number of likely N-dealkylation sites (tertiary alicyclic amines) is 1. The van der Waals surface area contributed by atoms with E-state index in [1.54, 1.807) is 11.1 Å². The molecule has 25 heavy (non-hydrogen) atoms. The first-order chi connectivity index (χ1) is 12.0. The predicted octanol–water partition coefficient (Wildman–Crippen LogP) is 3.72. The van der Waals surface area contributed by atoms with Gasteiger partial charge in [-0.3, -0.25) is 10.1 Å². The van der Waals surface area contributed by atoms with E-state index in [0.717, 1.165) is 10.4 Å². The maximum atomic E-state index is 12.3. The lowest BCUT2D eigenvalue weighted by Gasteiger charge is -2.29. The van der Waals surface area contributed by atoms with Crippen molar-refractivity contribution in [3.8, 4) is 0 Å². The summed E-state index contributed by atoms with van der Waals surface area (Å²) in [6.45, 7) is 0.890. The van der Waals surface area contributed by atoms with Gasteiger partial charge < -0.3 is 10.0 Å². The lowest BCUT2D eigenvalue weighted by molar-refractivity contribution is -0.143. The van der Waals surface area contributed by atoms with Gasteiger partial charge in [-0.25, -0.2) is 9.78 Å². The summed E-state index contributed by atoms with van der Waals surface area (Å²) in [6, 6.07) is 7.40. The molecule has 8 heteroatoms. The summed E-state index contributed by atoms with van der Waals surface area (Å²) >= 11 is 7.58. The zero-order valence-corrected chi connectivity index (χ0v) is 15.0. The van der Waals surface area contributed by atoms with Crippen LogP contribution in [-0.4, -0.2) is 40.1 Å². The molecule has 2 heterocycles. The molecule has 1 aliphatic rings. The molecule has 1 aromatic heterocycles. The Hall–Kier alpha value is -2.12. The van der Waals surface area contributed by atoms with Crippen LogP contribution in [0.2, 0.25) is 5.02 Å². The number of aromatic nitrogens is 1. The van der Waals surface area contributed by atoms with Gasteiger partial charge in [0.1, 0.15) is 0 Å². The Balaban J connectivity index is 1.55. The molecular formula is C17H18ClN3O3S. The van der Waals surface area contributed by atoms with E-state index in [1.807, 2.05) is 24.3 Å². The van der Waals surface area contributed by atoms with E-state index in [2.05, 4.69) is 10.3 Å².